The molecule has 1 unspecified atom stereocenters. The summed E-state index contributed by atoms with van der Waals surface area (Å²) in [4.78, 5) is 2.57. The van der Waals surface area contributed by atoms with Gasteiger partial charge in [0.25, 0.3) is 0 Å². The molecule has 0 spiro atoms. The highest BCUT2D eigenvalue weighted by Gasteiger charge is 2.18. The van der Waals surface area contributed by atoms with Crippen molar-refractivity contribution >= 4 is 27.4 Å². The van der Waals surface area contributed by atoms with Crippen molar-refractivity contribution in [2.75, 3.05) is 25.0 Å². The predicted octanol–water partition coefficient (Wildman–Crippen LogP) is 3.19. The molecule has 1 aliphatic heterocycles. The van der Waals surface area contributed by atoms with Crippen molar-refractivity contribution in [2.45, 2.75) is 25.8 Å². The summed E-state index contributed by atoms with van der Waals surface area (Å²) in [5.41, 5.74) is 1.10. The minimum absolute atomic E-state index is 0.605. The molecule has 0 amide bonds. The third-order valence-corrected chi connectivity index (χ3v) is 4.54. The van der Waals surface area contributed by atoms with Gasteiger partial charge in [-0.1, -0.05) is 12.1 Å². The lowest BCUT2D eigenvalue weighted by Gasteiger charge is -2.23. The van der Waals surface area contributed by atoms with Crippen molar-refractivity contribution in [1.82, 2.24) is 9.27 Å². The average Bonchev–Trinajstić information content (AvgIpc) is 3.06. The Kier molecular flexibility index (Phi) is 3.48. The first-order chi connectivity index (χ1) is 8.84. The van der Waals surface area contributed by atoms with Gasteiger partial charge in [0.1, 0.15) is 5.00 Å². The van der Waals surface area contributed by atoms with E-state index in [2.05, 4.69) is 39.7 Å². The minimum Gasteiger partial charge on any atom is -0.374 e. The summed E-state index contributed by atoms with van der Waals surface area (Å²) in [5, 5.41) is 6.01. The molecule has 2 aromatic rings. The molecule has 0 saturated carbocycles. The van der Waals surface area contributed by atoms with Crippen molar-refractivity contribution in [1.29, 1.82) is 0 Å². The molecule has 1 fully saturated rings. The Morgan fingerprint density at radius 1 is 1.33 bits per heavy atom. The SMILES string of the molecule is CC(CNc1snc2ccccc12)N1CCCC1. The fourth-order valence-electron chi connectivity index (χ4n) is 2.57. The quantitative estimate of drug-likeness (QED) is 0.916. The lowest BCUT2D eigenvalue weighted by molar-refractivity contribution is 0.269. The summed E-state index contributed by atoms with van der Waals surface area (Å²) in [6.45, 7) is 5.83. The van der Waals surface area contributed by atoms with Crippen LogP contribution in [0.2, 0.25) is 0 Å². The van der Waals surface area contributed by atoms with Crippen molar-refractivity contribution in [3.05, 3.63) is 24.3 Å². The maximum absolute atomic E-state index is 4.46. The van der Waals surface area contributed by atoms with Crippen LogP contribution in [-0.2, 0) is 0 Å². The van der Waals surface area contributed by atoms with Crippen LogP contribution in [0, 0.1) is 0 Å². The zero-order valence-electron chi connectivity index (χ0n) is 10.7. The topological polar surface area (TPSA) is 28.2 Å². The van der Waals surface area contributed by atoms with Gasteiger partial charge in [-0.15, -0.1) is 0 Å². The molecule has 4 heteroatoms. The highest BCUT2D eigenvalue weighted by molar-refractivity contribution is 7.11. The molecule has 1 saturated heterocycles. The van der Waals surface area contributed by atoms with E-state index in [-0.39, 0.29) is 0 Å². The average molecular weight is 261 g/mol. The Morgan fingerprint density at radius 2 is 2.11 bits per heavy atom. The van der Waals surface area contributed by atoms with Crippen LogP contribution in [0.25, 0.3) is 10.9 Å². The molecule has 96 valence electrons. The van der Waals surface area contributed by atoms with Gasteiger partial charge in [0.15, 0.2) is 0 Å². The molecule has 0 radical (unpaired) electrons. The molecule has 2 heterocycles. The van der Waals surface area contributed by atoms with E-state index in [1.807, 2.05) is 6.07 Å². The van der Waals surface area contributed by atoms with Gasteiger partial charge in [-0.3, -0.25) is 4.90 Å². The van der Waals surface area contributed by atoms with E-state index in [4.69, 9.17) is 0 Å². The molecule has 3 rings (SSSR count). The maximum atomic E-state index is 4.46. The van der Waals surface area contributed by atoms with Gasteiger partial charge in [-0.25, -0.2) is 0 Å². The number of hydrogen-bond acceptors (Lipinski definition) is 4. The molecule has 1 aliphatic rings. The first-order valence-corrected chi connectivity index (χ1v) is 7.44. The molecule has 1 aromatic heterocycles. The highest BCUT2D eigenvalue weighted by atomic mass is 32.1. The molecule has 18 heavy (non-hydrogen) atoms. The van der Waals surface area contributed by atoms with Gasteiger partial charge in [0, 0.05) is 18.0 Å². The lowest BCUT2D eigenvalue weighted by atomic mass is 10.2. The number of rotatable bonds is 4. The highest BCUT2D eigenvalue weighted by Crippen LogP contribution is 2.27. The Hall–Kier alpha value is -1.13. The van der Waals surface area contributed by atoms with E-state index < -0.39 is 0 Å². The summed E-state index contributed by atoms with van der Waals surface area (Å²) in [6, 6.07) is 8.93. The number of fused-ring (bicyclic) bond motifs is 1. The van der Waals surface area contributed by atoms with Crippen LogP contribution in [0.15, 0.2) is 24.3 Å². The minimum atomic E-state index is 0.605. The Labute approximate surface area is 112 Å². The van der Waals surface area contributed by atoms with Gasteiger partial charge >= 0.3 is 0 Å². The van der Waals surface area contributed by atoms with Gasteiger partial charge in [-0.2, -0.15) is 4.37 Å². The van der Waals surface area contributed by atoms with Gasteiger partial charge in [-0.05, 0) is 56.5 Å². The molecular formula is C14H19N3S. The summed E-state index contributed by atoms with van der Waals surface area (Å²) < 4.78 is 4.46. The Morgan fingerprint density at radius 3 is 2.94 bits per heavy atom. The number of hydrogen-bond donors (Lipinski definition) is 1. The molecular weight excluding hydrogens is 242 g/mol. The number of likely N-dealkylation sites (tertiary alicyclic amines) is 1. The predicted molar refractivity (Wildman–Crippen MR) is 78.4 cm³/mol. The molecule has 3 nitrogen and oxygen atoms in total. The maximum Gasteiger partial charge on any atom is 0.117 e. The van der Waals surface area contributed by atoms with Crippen molar-refractivity contribution in [3.63, 3.8) is 0 Å². The van der Waals surface area contributed by atoms with E-state index in [1.54, 1.807) is 11.5 Å². The molecule has 1 aromatic carbocycles. The zero-order chi connectivity index (χ0) is 12.4. The molecule has 0 aliphatic carbocycles. The monoisotopic (exact) mass is 261 g/mol. The van der Waals surface area contributed by atoms with E-state index in [9.17, 15) is 0 Å². The van der Waals surface area contributed by atoms with Crippen LogP contribution in [0.5, 0.6) is 0 Å². The van der Waals surface area contributed by atoms with Gasteiger partial charge in [0.2, 0.25) is 0 Å². The van der Waals surface area contributed by atoms with Crippen molar-refractivity contribution in [3.8, 4) is 0 Å². The summed E-state index contributed by atoms with van der Waals surface area (Å²) >= 11 is 1.57. The summed E-state index contributed by atoms with van der Waals surface area (Å²) in [7, 11) is 0. The second kappa shape index (κ2) is 5.24. The van der Waals surface area contributed by atoms with E-state index in [0.717, 1.165) is 12.1 Å². The Balaban J connectivity index is 1.65. The smallest absolute Gasteiger partial charge is 0.117 e. The molecule has 0 bridgehead atoms. The van der Waals surface area contributed by atoms with Gasteiger partial charge < -0.3 is 5.32 Å². The van der Waals surface area contributed by atoms with Crippen LogP contribution in [0.1, 0.15) is 19.8 Å². The molecule has 1 N–H and O–H groups in total. The number of nitrogens with one attached hydrogen (secondary N) is 1. The standard InChI is InChI=1S/C14H19N3S/c1-11(17-8-4-5-9-17)10-15-14-12-6-2-3-7-13(12)16-18-14/h2-3,6-7,11,15H,4-5,8-10H2,1H3. The fraction of sp³-hybridized carbons (Fsp3) is 0.500. The largest absolute Gasteiger partial charge is 0.374 e. The second-order valence-electron chi connectivity index (χ2n) is 5.00. The summed E-state index contributed by atoms with van der Waals surface area (Å²) in [6.07, 6.45) is 2.71. The van der Waals surface area contributed by atoms with Crippen LogP contribution in [0.3, 0.4) is 0 Å². The zero-order valence-corrected chi connectivity index (χ0v) is 11.5. The van der Waals surface area contributed by atoms with Crippen molar-refractivity contribution < 1.29 is 0 Å². The lowest BCUT2D eigenvalue weighted by Crippen LogP contribution is -2.35. The number of anilines is 1. The number of nitrogens with zero attached hydrogens (tertiary/aromatic N) is 2. The van der Waals surface area contributed by atoms with Crippen LogP contribution < -0.4 is 5.32 Å². The third kappa shape index (κ3) is 2.35. The number of benzene rings is 1. The first kappa shape index (κ1) is 11.9. The molecule has 1 atom stereocenters. The van der Waals surface area contributed by atoms with Crippen LogP contribution >= 0.6 is 11.5 Å². The van der Waals surface area contributed by atoms with Crippen LogP contribution in [0.4, 0.5) is 5.00 Å². The fourth-order valence-corrected chi connectivity index (χ4v) is 3.34. The van der Waals surface area contributed by atoms with Gasteiger partial charge in [0.05, 0.1) is 5.52 Å². The van der Waals surface area contributed by atoms with Crippen LogP contribution in [-0.4, -0.2) is 34.9 Å². The van der Waals surface area contributed by atoms with E-state index >= 15 is 0 Å². The third-order valence-electron chi connectivity index (χ3n) is 3.71. The normalized spacial score (nSPS) is 18.3. The van der Waals surface area contributed by atoms with Crippen molar-refractivity contribution in [2.24, 2.45) is 0 Å². The van der Waals surface area contributed by atoms with E-state index in [1.165, 1.54) is 36.3 Å². The second-order valence-corrected chi connectivity index (χ2v) is 5.78. The number of aromatic nitrogens is 1. The Bertz CT molecular complexity index is 516. The summed E-state index contributed by atoms with van der Waals surface area (Å²) in [5.74, 6) is 0. The first-order valence-electron chi connectivity index (χ1n) is 6.67. The van der Waals surface area contributed by atoms with E-state index in [0.29, 0.717) is 6.04 Å².